The fourth-order valence-corrected chi connectivity index (χ4v) is 1.96. The Morgan fingerprint density at radius 2 is 2.28 bits per heavy atom. The van der Waals surface area contributed by atoms with Gasteiger partial charge in [-0.2, -0.15) is 5.26 Å². The molecule has 0 aliphatic heterocycles. The van der Waals surface area contributed by atoms with Gasteiger partial charge in [0.1, 0.15) is 0 Å². The second-order valence-corrected chi connectivity index (χ2v) is 4.14. The van der Waals surface area contributed by atoms with Crippen LogP contribution in [0, 0.1) is 11.3 Å². The number of ether oxygens (including phenoxy) is 1. The molecule has 18 heavy (non-hydrogen) atoms. The monoisotopic (exact) mass is 244 g/mol. The van der Waals surface area contributed by atoms with Crippen molar-refractivity contribution in [3.63, 3.8) is 0 Å². The molecule has 0 aliphatic rings. The molecule has 1 aromatic heterocycles. The number of nitrogens with two attached hydrogens (primary N) is 1. The van der Waals surface area contributed by atoms with E-state index in [4.69, 9.17) is 15.7 Å². The van der Waals surface area contributed by atoms with E-state index in [1.807, 2.05) is 16.7 Å². The van der Waals surface area contributed by atoms with Crippen LogP contribution >= 0.6 is 0 Å². The van der Waals surface area contributed by atoms with Crippen LogP contribution in [0.4, 0.5) is 5.95 Å². The van der Waals surface area contributed by atoms with Crippen molar-refractivity contribution >= 4 is 17.0 Å². The van der Waals surface area contributed by atoms with E-state index in [9.17, 15) is 0 Å². The Kier molecular flexibility index (Phi) is 3.80. The molecule has 0 fully saturated rings. The molecule has 94 valence electrons. The van der Waals surface area contributed by atoms with Gasteiger partial charge in [-0.05, 0) is 31.0 Å². The molecule has 2 rings (SSSR count). The molecule has 0 amide bonds. The summed E-state index contributed by atoms with van der Waals surface area (Å²) in [6.07, 6.45) is 1.95. The third-order valence-corrected chi connectivity index (χ3v) is 2.89. The summed E-state index contributed by atoms with van der Waals surface area (Å²) in [7, 11) is 1.69. The number of aromatic nitrogens is 2. The minimum atomic E-state index is 0.498. The maximum Gasteiger partial charge on any atom is 0.201 e. The normalized spacial score (nSPS) is 10.7. The van der Waals surface area contributed by atoms with Crippen molar-refractivity contribution in [1.82, 2.24) is 9.55 Å². The Balaban J connectivity index is 2.25. The van der Waals surface area contributed by atoms with Crippen LogP contribution in [-0.4, -0.2) is 23.3 Å². The first-order chi connectivity index (χ1) is 8.76. The van der Waals surface area contributed by atoms with E-state index in [0.29, 0.717) is 11.5 Å². The average molecular weight is 244 g/mol. The predicted molar refractivity (Wildman–Crippen MR) is 70.0 cm³/mol. The SMILES string of the molecule is COCCCCn1c(N)nc2ccc(C#N)cc21. The molecule has 0 saturated carbocycles. The lowest BCUT2D eigenvalue weighted by Gasteiger charge is -2.06. The first-order valence-corrected chi connectivity index (χ1v) is 5.91. The second-order valence-electron chi connectivity index (χ2n) is 4.14. The molecule has 2 aromatic rings. The summed E-state index contributed by atoms with van der Waals surface area (Å²) < 4.78 is 6.97. The topological polar surface area (TPSA) is 76.9 Å². The largest absolute Gasteiger partial charge is 0.385 e. The first-order valence-electron chi connectivity index (χ1n) is 5.91. The van der Waals surface area contributed by atoms with Crippen LogP contribution in [0.3, 0.4) is 0 Å². The fraction of sp³-hybridized carbons (Fsp3) is 0.385. The van der Waals surface area contributed by atoms with E-state index in [-0.39, 0.29) is 0 Å². The number of hydrogen-bond acceptors (Lipinski definition) is 4. The molecule has 5 nitrogen and oxygen atoms in total. The van der Waals surface area contributed by atoms with Crippen molar-refractivity contribution in [2.45, 2.75) is 19.4 Å². The quantitative estimate of drug-likeness (QED) is 0.815. The summed E-state index contributed by atoms with van der Waals surface area (Å²) in [5.74, 6) is 0.498. The predicted octanol–water partition coefficient (Wildman–Crippen LogP) is 1.92. The lowest BCUT2D eigenvalue weighted by Crippen LogP contribution is -2.04. The number of benzene rings is 1. The minimum Gasteiger partial charge on any atom is -0.385 e. The van der Waals surface area contributed by atoms with Gasteiger partial charge in [-0.1, -0.05) is 0 Å². The van der Waals surface area contributed by atoms with E-state index in [1.165, 1.54) is 0 Å². The van der Waals surface area contributed by atoms with Gasteiger partial charge in [0.25, 0.3) is 0 Å². The van der Waals surface area contributed by atoms with Crippen molar-refractivity contribution in [1.29, 1.82) is 5.26 Å². The van der Waals surface area contributed by atoms with Gasteiger partial charge < -0.3 is 15.0 Å². The number of aryl methyl sites for hydroxylation is 1. The summed E-state index contributed by atoms with van der Waals surface area (Å²) in [6, 6.07) is 7.54. The van der Waals surface area contributed by atoms with Crippen LogP contribution in [0.25, 0.3) is 11.0 Å². The van der Waals surface area contributed by atoms with Crippen LogP contribution in [0.1, 0.15) is 18.4 Å². The molecule has 0 bridgehead atoms. The van der Waals surface area contributed by atoms with Gasteiger partial charge in [-0.15, -0.1) is 0 Å². The maximum atomic E-state index is 8.91. The van der Waals surface area contributed by atoms with Crippen LogP contribution in [0.5, 0.6) is 0 Å². The number of nitrogens with zero attached hydrogens (tertiary/aromatic N) is 3. The smallest absolute Gasteiger partial charge is 0.201 e. The number of imidazole rings is 1. The van der Waals surface area contributed by atoms with Crippen molar-refractivity contribution in [2.75, 3.05) is 19.5 Å². The number of anilines is 1. The van der Waals surface area contributed by atoms with Crippen LogP contribution in [-0.2, 0) is 11.3 Å². The molecule has 1 heterocycles. The number of fused-ring (bicyclic) bond motifs is 1. The Labute approximate surface area is 106 Å². The fourth-order valence-electron chi connectivity index (χ4n) is 1.96. The summed E-state index contributed by atoms with van der Waals surface area (Å²) in [5, 5.41) is 8.91. The molecular weight excluding hydrogens is 228 g/mol. The lowest BCUT2D eigenvalue weighted by molar-refractivity contribution is 0.191. The van der Waals surface area contributed by atoms with Gasteiger partial charge >= 0.3 is 0 Å². The number of methoxy groups -OCH3 is 1. The Bertz CT molecular complexity index is 582. The average Bonchev–Trinajstić information content (AvgIpc) is 2.70. The molecule has 0 saturated heterocycles. The number of rotatable bonds is 5. The summed E-state index contributed by atoms with van der Waals surface area (Å²) in [5.41, 5.74) is 8.27. The van der Waals surface area contributed by atoms with E-state index in [1.54, 1.807) is 13.2 Å². The Morgan fingerprint density at radius 1 is 1.44 bits per heavy atom. The number of unbranched alkanes of at least 4 members (excludes halogenated alkanes) is 1. The van der Waals surface area contributed by atoms with Crippen molar-refractivity contribution in [3.05, 3.63) is 23.8 Å². The van der Waals surface area contributed by atoms with Gasteiger partial charge in [0.05, 0.1) is 22.7 Å². The number of nitrogen functional groups attached to an aromatic ring is 1. The number of hydrogen-bond donors (Lipinski definition) is 1. The van der Waals surface area contributed by atoms with E-state index >= 15 is 0 Å². The highest BCUT2D eigenvalue weighted by Crippen LogP contribution is 2.19. The zero-order valence-electron chi connectivity index (χ0n) is 10.4. The lowest BCUT2D eigenvalue weighted by atomic mass is 10.2. The van der Waals surface area contributed by atoms with Crippen molar-refractivity contribution < 1.29 is 4.74 Å². The summed E-state index contributed by atoms with van der Waals surface area (Å²) >= 11 is 0. The zero-order valence-corrected chi connectivity index (χ0v) is 10.4. The first kappa shape index (κ1) is 12.4. The van der Waals surface area contributed by atoms with Gasteiger partial charge in [0.15, 0.2) is 0 Å². The number of nitriles is 1. The molecule has 0 unspecified atom stereocenters. The van der Waals surface area contributed by atoms with E-state index in [2.05, 4.69) is 11.1 Å². The van der Waals surface area contributed by atoms with Gasteiger partial charge in [-0.3, -0.25) is 0 Å². The van der Waals surface area contributed by atoms with Gasteiger partial charge in [0.2, 0.25) is 5.95 Å². The molecule has 0 spiro atoms. The van der Waals surface area contributed by atoms with Crippen molar-refractivity contribution in [2.24, 2.45) is 0 Å². The summed E-state index contributed by atoms with van der Waals surface area (Å²) in [6.45, 7) is 1.54. The molecule has 2 N–H and O–H groups in total. The van der Waals surface area contributed by atoms with Crippen LogP contribution < -0.4 is 5.73 Å². The minimum absolute atomic E-state index is 0.498. The third-order valence-electron chi connectivity index (χ3n) is 2.89. The third kappa shape index (κ3) is 2.44. The molecule has 0 atom stereocenters. The van der Waals surface area contributed by atoms with E-state index < -0.39 is 0 Å². The summed E-state index contributed by atoms with van der Waals surface area (Å²) in [4.78, 5) is 4.29. The zero-order chi connectivity index (χ0) is 13.0. The standard InChI is InChI=1S/C13H16N4O/c1-18-7-3-2-6-17-12-8-10(9-14)4-5-11(12)16-13(17)15/h4-5,8H,2-3,6-7H2,1H3,(H2,15,16). The molecule has 5 heteroatoms. The molecule has 0 aliphatic carbocycles. The Morgan fingerprint density at radius 3 is 3.00 bits per heavy atom. The van der Waals surface area contributed by atoms with Gasteiger partial charge in [0, 0.05) is 20.3 Å². The van der Waals surface area contributed by atoms with Crippen molar-refractivity contribution in [3.8, 4) is 6.07 Å². The van der Waals surface area contributed by atoms with Gasteiger partial charge in [-0.25, -0.2) is 4.98 Å². The highest BCUT2D eigenvalue weighted by molar-refractivity contribution is 5.79. The second kappa shape index (κ2) is 5.52. The van der Waals surface area contributed by atoms with Crippen LogP contribution in [0.15, 0.2) is 18.2 Å². The highest BCUT2D eigenvalue weighted by Gasteiger charge is 2.08. The Hall–Kier alpha value is -2.06. The molecule has 1 aromatic carbocycles. The molecular formula is C13H16N4O. The van der Waals surface area contributed by atoms with Crippen LogP contribution in [0.2, 0.25) is 0 Å². The van der Waals surface area contributed by atoms with E-state index in [0.717, 1.165) is 37.0 Å². The molecule has 0 radical (unpaired) electrons. The highest BCUT2D eigenvalue weighted by atomic mass is 16.5. The maximum absolute atomic E-state index is 8.91.